The maximum Gasteiger partial charge on any atom is 0.243 e. The molecule has 1 aliphatic heterocycles. The minimum Gasteiger partial charge on any atom is -0.371 e. The van der Waals surface area contributed by atoms with E-state index in [1.807, 2.05) is 0 Å². The van der Waals surface area contributed by atoms with E-state index in [0.29, 0.717) is 18.4 Å². The van der Waals surface area contributed by atoms with Crippen molar-refractivity contribution in [3.8, 4) is 0 Å². The van der Waals surface area contributed by atoms with Crippen LogP contribution in [-0.4, -0.2) is 34.7 Å². The highest BCUT2D eigenvalue weighted by atomic mass is 19.1. The van der Waals surface area contributed by atoms with E-state index in [1.54, 1.807) is 12.1 Å². The fourth-order valence-corrected chi connectivity index (χ4v) is 2.98. The summed E-state index contributed by atoms with van der Waals surface area (Å²) in [6.45, 7) is 4.27. The third kappa shape index (κ3) is 3.14. The van der Waals surface area contributed by atoms with Gasteiger partial charge in [0.05, 0.1) is 18.8 Å². The molecule has 0 amide bonds. The van der Waals surface area contributed by atoms with Gasteiger partial charge in [0.25, 0.3) is 0 Å². The van der Waals surface area contributed by atoms with Gasteiger partial charge >= 0.3 is 0 Å². The van der Waals surface area contributed by atoms with Gasteiger partial charge in [0, 0.05) is 19.0 Å². The zero-order valence-electron chi connectivity index (χ0n) is 13.1. The van der Waals surface area contributed by atoms with E-state index in [9.17, 15) is 4.39 Å². The maximum absolute atomic E-state index is 13.1. The summed E-state index contributed by atoms with van der Waals surface area (Å²) in [4.78, 5) is 6.83. The molecule has 2 fully saturated rings. The Morgan fingerprint density at radius 1 is 1.26 bits per heavy atom. The van der Waals surface area contributed by atoms with Crippen molar-refractivity contribution >= 4 is 0 Å². The summed E-state index contributed by atoms with van der Waals surface area (Å²) in [6.07, 6.45) is 2.27. The normalized spacial score (nSPS) is 23.8. The number of benzene rings is 1. The molecule has 2 aromatic rings. The maximum atomic E-state index is 13.1. The Bertz CT molecular complexity index is 669. The summed E-state index contributed by atoms with van der Waals surface area (Å²) >= 11 is 0. The zero-order valence-corrected chi connectivity index (χ0v) is 13.1. The van der Waals surface area contributed by atoms with E-state index >= 15 is 0 Å². The molecule has 1 saturated carbocycles. The van der Waals surface area contributed by atoms with E-state index in [-0.39, 0.29) is 18.0 Å². The second-order valence-corrected chi connectivity index (χ2v) is 6.35. The number of rotatable bonds is 4. The van der Waals surface area contributed by atoms with E-state index in [0.717, 1.165) is 37.3 Å². The minimum absolute atomic E-state index is 0.0573. The van der Waals surface area contributed by atoms with E-state index in [2.05, 4.69) is 22.0 Å². The lowest BCUT2D eigenvalue weighted by atomic mass is 10.1. The Hall–Kier alpha value is -1.79. The van der Waals surface area contributed by atoms with Crippen molar-refractivity contribution in [2.45, 2.75) is 37.8 Å². The monoisotopic (exact) mass is 317 g/mol. The van der Waals surface area contributed by atoms with Crippen LogP contribution < -0.4 is 0 Å². The first kappa shape index (κ1) is 14.8. The molecule has 0 radical (unpaired) electrons. The highest BCUT2D eigenvalue weighted by Crippen LogP contribution is 2.39. The van der Waals surface area contributed by atoms with Gasteiger partial charge in [-0.1, -0.05) is 17.3 Å². The van der Waals surface area contributed by atoms with E-state index in [1.165, 1.54) is 12.1 Å². The van der Waals surface area contributed by atoms with Crippen LogP contribution in [0.2, 0.25) is 0 Å². The largest absolute Gasteiger partial charge is 0.371 e. The third-order valence-corrected chi connectivity index (χ3v) is 4.64. The van der Waals surface area contributed by atoms with Crippen molar-refractivity contribution in [2.75, 3.05) is 19.7 Å². The molecule has 23 heavy (non-hydrogen) atoms. The smallest absolute Gasteiger partial charge is 0.243 e. The standard InChI is InChI=1S/C17H20FN3O2/c1-11(17-19-16(20-23-17)13-2-3-13)21-8-9-22-15(10-21)12-4-6-14(18)7-5-12/h4-7,11,13,15H,2-3,8-10H2,1H3. The molecule has 4 rings (SSSR count). The summed E-state index contributed by atoms with van der Waals surface area (Å²) in [6, 6.07) is 6.57. The number of hydrogen-bond donors (Lipinski definition) is 0. The van der Waals surface area contributed by atoms with Gasteiger partial charge in [-0.2, -0.15) is 4.98 Å². The van der Waals surface area contributed by atoms with Gasteiger partial charge in [0.2, 0.25) is 5.89 Å². The molecule has 122 valence electrons. The summed E-state index contributed by atoms with van der Waals surface area (Å²) in [5.74, 6) is 1.78. The third-order valence-electron chi connectivity index (χ3n) is 4.64. The lowest BCUT2D eigenvalue weighted by molar-refractivity contribution is -0.0469. The lowest BCUT2D eigenvalue weighted by Gasteiger charge is -2.35. The van der Waals surface area contributed by atoms with Crippen LogP contribution in [0.3, 0.4) is 0 Å². The number of halogens is 1. The Kier molecular flexibility index (Phi) is 3.87. The topological polar surface area (TPSA) is 51.4 Å². The van der Waals surface area contributed by atoms with Gasteiger partial charge in [-0.25, -0.2) is 4.39 Å². The summed E-state index contributed by atoms with van der Waals surface area (Å²) in [5, 5.41) is 4.10. The van der Waals surface area contributed by atoms with E-state index < -0.39 is 0 Å². The molecule has 1 aliphatic carbocycles. The first-order valence-electron chi connectivity index (χ1n) is 8.15. The summed E-state index contributed by atoms with van der Waals surface area (Å²) in [5.41, 5.74) is 0.993. The minimum atomic E-state index is -0.228. The van der Waals surface area contributed by atoms with Crippen LogP contribution in [0.15, 0.2) is 28.8 Å². The molecular formula is C17H20FN3O2. The van der Waals surface area contributed by atoms with Crippen molar-refractivity contribution in [1.82, 2.24) is 15.0 Å². The highest BCUT2D eigenvalue weighted by Gasteiger charge is 2.32. The van der Waals surface area contributed by atoms with Crippen molar-refractivity contribution in [1.29, 1.82) is 0 Å². The summed E-state index contributed by atoms with van der Waals surface area (Å²) < 4.78 is 24.4. The molecule has 2 heterocycles. The number of ether oxygens (including phenoxy) is 1. The Morgan fingerprint density at radius 2 is 2.04 bits per heavy atom. The Balaban J connectivity index is 1.46. The molecule has 6 heteroatoms. The highest BCUT2D eigenvalue weighted by molar-refractivity contribution is 5.19. The van der Waals surface area contributed by atoms with Crippen molar-refractivity contribution in [3.05, 3.63) is 47.4 Å². The number of hydrogen-bond acceptors (Lipinski definition) is 5. The molecule has 2 atom stereocenters. The zero-order chi connectivity index (χ0) is 15.8. The molecule has 0 bridgehead atoms. The number of nitrogens with zero attached hydrogens (tertiary/aromatic N) is 3. The molecule has 0 N–H and O–H groups in total. The quantitative estimate of drug-likeness (QED) is 0.866. The van der Waals surface area contributed by atoms with Crippen LogP contribution in [0.25, 0.3) is 0 Å². The fourth-order valence-electron chi connectivity index (χ4n) is 2.98. The molecule has 2 unspecified atom stereocenters. The Labute approximate surface area is 134 Å². The summed E-state index contributed by atoms with van der Waals surface area (Å²) in [7, 11) is 0. The van der Waals surface area contributed by atoms with E-state index in [4.69, 9.17) is 9.26 Å². The van der Waals surface area contributed by atoms with Crippen LogP contribution in [-0.2, 0) is 4.74 Å². The molecule has 0 spiro atoms. The SMILES string of the molecule is CC(c1nc(C2CC2)no1)N1CCOC(c2ccc(F)cc2)C1. The first-order chi connectivity index (χ1) is 11.2. The van der Waals surface area contributed by atoms with Crippen LogP contribution in [0.4, 0.5) is 4.39 Å². The van der Waals surface area contributed by atoms with Crippen LogP contribution in [0.1, 0.15) is 55.1 Å². The lowest BCUT2D eigenvalue weighted by Crippen LogP contribution is -2.40. The predicted octanol–water partition coefficient (Wildman–Crippen LogP) is 3.22. The van der Waals surface area contributed by atoms with Gasteiger partial charge in [0.15, 0.2) is 5.82 Å². The van der Waals surface area contributed by atoms with Gasteiger partial charge < -0.3 is 9.26 Å². The van der Waals surface area contributed by atoms with Crippen LogP contribution in [0, 0.1) is 5.82 Å². The van der Waals surface area contributed by atoms with Gasteiger partial charge in [-0.3, -0.25) is 4.90 Å². The van der Waals surface area contributed by atoms with Crippen molar-refractivity contribution in [2.24, 2.45) is 0 Å². The van der Waals surface area contributed by atoms with Gasteiger partial charge in [-0.15, -0.1) is 0 Å². The molecule has 1 aromatic carbocycles. The molecule has 5 nitrogen and oxygen atoms in total. The second-order valence-electron chi connectivity index (χ2n) is 6.35. The average Bonchev–Trinajstić information content (AvgIpc) is 3.32. The van der Waals surface area contributed by atoms with Gasteiger partial charge in [-0.05, 0) is 37.5 Å². The van der Waals surface area contributed by atoms with Gasteiger partial charge in [0.1, 0.15) is 5.82 Å². The molecule has 1 saturated heterocycles. The fraction of sp³-hybridized carbons (Fsp3) is 0.529. The van der Waals surface area contributed by atoms with Crippen molar-refractivity contribution < 1.29 is 13.7 Å². The van der Waals surface area contributed by atoms with Crippen LogP contribution >= 0.6 is 0 Å². The predicted molar refractivity (Wildman–Crippen MR) is 81.4 cm³/mol. The number of morpholine rings is 1. The van der Waals surface area contributed by atoms with Crippen molar-refractivity contribution in [3.63, 3.8) is 0 Å². The average molecular weight is 317 g/mol. The molecular weight excluding hydrogens is 297 g/mol. The van der Waals surface area contributed by atoms with Crippen LogP contribution in [0.5, 0.6) is 0 Å². The first-order valence-corrected chi connectivity index (χ1v) is 8.15. The second kappa shape index (κ2) is 6.02. The number of aromatic nitrogens is 2. The molecule has 2 aliphatic rings. The molecule has 1 aromatic heterocycles. The Morgan fingerprint density at radius 3 is 2.78 bits per heavy atom.